The zero-order chi connectivity index (χ0) is 34.4. The highest BCUT2D eigenvalue weighted by molar-refractivity contribution is 7.13. The quantitative estimate of drug-likeness (QED) is 0.0876. The molecule has 2 aliphatic rings. The maximum absolute atomic E-state index is 13.5. The summed E-state index contributed by atoms with van der Waals surface area (Å²) in [5.41, 5.74) is 1.64. The van der Waals surface area contributed by atoms with Crippen molar-refractivity contribution in [2.45, 2.75) is 83.4 Å². The number of aromatic nitrogens is 2. The largest absolute Gasteiger partial charge is 0.497 e. The summed E-state index contributed by atoms with van der Waals surface area (Å²) in [6.45, 7) is 9.48. The number of nitrogens with one attached hydrogen (secondary N) is 1. The number of amides is 3. The number of rotatable bonds is 15. The molecule has 1 aliphatic heterocycles. The second-order valence-electron chi connectivity index (χ2n) is 13.0. The summed E-state index contributed by atoms with van der Waals surface area (Å²) in [5, 5.41) is 6.45. The van der Waals surface area contributed by atoms with Gasteiger partial charge in [0.25, 0.3) is 0 Å². The number of hydrogen-bond donors (Lipinski definition) is 1. The van der Waals surface area contributed by atoms with Crippen LogP contribution in [0.1, 0.15) is 71.4 Å². The van der Waals surface area contributed by atoms with E-state index in [4.69, 9.17) is 24.2 Å². The fourth-order valence-corrected chi connectivity index (χ4v) is 7.16. The zero-order valence-corrected chi connectivity index (χ0v) is 29.5. The van der Waals surface area contributed by atoms with Gasteiger partial charge in [0.1, 0.15) is 33.8 Å². The Hall–Kier alpha value is -4.19. The number of methoxy groups -OCH3 is 1. The van der Waals surface area contributed by atoms with Crippen molar-refractivity contribution >= 4 is 40.7 Å². The van der Waals surface area contributed by atoms with Gasteiger partial charge in [0.2, 0.25) is 6.41 Å². The third-order valence-electron chi connectivity index (χ3n) is 9.17. The molecule has 0 radical (unpaired) electrons. The Morgan fingerprint density at radius 1 is 1.23 bits per heavy atom. The van der Waals surface area contributed by atoms with E-state index in [0.29, 0.717) is 31.8 Å². The number of unbranched alkanes of at least 4 members (excludes halogenated alkanes) is 2. The first kappa shape index (κ1) is 35.1. The maximum atomic E-state index is 13.5. The fraction of sp³-hybridized carbons (Fsp3) is 0.528. The smallest absolute Gasteiger partial charge is 0.332 e. The van der Waals surface area contributed by atoms with Gasteiger partial charge >= 0.3 is 12.0 Å². The molecule has 258 valence electrons. The van der Waals surface area contributed by atoms with Crippen LogP contribution in [0.5, 0.6) is 11.5 Å². The van der Waals surface area contributed by atoms with E-state index >= 15 is 0 Å². The van der Waals surface area contributed by atoms with E-state index in [1.54, 1.807) is 30.3 Å². The summed E-state index contributed by atoms with van der Waals surface area (Å²) in [4.78, 5) is 50.2. The second kappa shape index (κ2) is 15.4. The minimum Gasteiger partial charge on any atom is -0.497 e. The van der Waals surface area contributed by atoms with Gasteiger partial charge in [0.15, 0.2) is 0 Å². The van der Waals surface area contributed by atoms with Crippen LogP contribution in [-0.2, 0) is 14.3 Å². The molecule has 5 rings (SSSR count). The Morgan fingerprint density at radius 3 is 2.75 bits per heavy atom. The molecular weight excluding hydrogens is 630 g/mol. The Bertz CT molecular complexity index is 1640. The van der Waals surface area contributed by atoms with E-state index in [1.165, 1.54) is 0 Å². The second-order valence-corrected chi connectivity index (χ2v) is 13.8. The van der Waals surface area contributed by atoms with Crippen molar-refractivity contribution in [1.82, 2.24) is 25.1 Å². The van der Waals surface area contributed by atoms with Crippen molar-refractivity contribution in [2.75, 3.05) is 33.9 Å². The molecule has 4 atom stereocenters. The lowest BCUT2D eigenvalue weighted by Gasteiger charge is -2.27. The van der Waals surface area contributed by atoms with E-state index in [-0.39, 0.29) is 36.7 Å². The molecule has 48 heavy (non-hydrogen) atoms. The average Bonchev–Trinajstić information content (AvgIpc) is 3.36. The monoisotopic (exact) mass is 677 g/mol. The molecule has 2 aromatic heterocycles. The number of urea groups is 1. The lowest BCUT2D eigenvalue weighted by atomic mass is 10.1. The van der Waals surface area contributed by atoms with Gasteiger partial charge in [-0.15, -0.1) is 11.3 Å². The molecule has 3 aromatic rings. The molecule has 1 N–H and O–H groups in total. The van der Waals surface area contributed by atoms with E-state index in [2.05, 4.69) is 31.5 Å². The number of fused-ring (bicyclic) bond motifs is 1. The van der Waals surface area contributed by atoms with Crippen LogP contribution >= 0.6 is 11.3 Å². The summed E-state index contributed by atoms with van der Waals surface area (Å²) in [5.74, 6) is 1.33. The van der Waals surface area contributed by atoms with Crippen LogP contribution in [0.3, 0.4) is 0 Å². The van der Waals surface area contributed by atoms with Gasteiger partial charge < -0.3 is 29.3 Å². The molecule has 3 amide bonds. The van der Waals surface area contributed by atoms with Gasteiger partial charge in [-0.1, -0.05) is 26.0 Å². The molecule has 11 nitrogen and oxygen atoms in total. The Labute approximate surface area is 286 Å². The highest BCUT2D eigenvalue weighted by Gasteiger charge is 2.60. The Balaban J connectivity index is 1.16. The van der Waals surface area contributed by atoms with Gasteiger partial charge in [0.05, 0.1) is 31.5 Å². The van der Waals surface area contributed by atoms with Gasteiger partial charge in [-0.3, -0.25) is 4.79 Å². The SMILES string of the molecule is CCOC(=O)[C@@]1(NC=O)C[C@H]1/C=C\CCCCN(C)C(=O)N1C[C@H](Oc2cc(-c3nc(C(C)C)cs3)nc3cc(OC)ccc23)CC1C. The van der Waals surface area contributed by atoms with E-state index in [1.807, 2.05) is 48.4 Å². The van der Waals surface area contributed by atoms with Crippen molar-refractivity contribution in [2.24, 2.45) is 5.92 Å². The first-order valence-electron chi connectivity index (χ1n) is 16.8. The summed E-state index contributed by atoms with van der Waals surface area (Å²) < 4.78 is 17.2. The van der Waals surface area contributed by atoms with Crippen LogP contribution in [-0.4, -0.2) is 89.7 Å². The maximum Gasteiger partial charge on any atom is 0.332 e. The van der Waals surface area contributed by atoms with Crippen LogP contribution in [0.25, 0.3) is 21.6 Å². The van der Waals surface area contributed by atoms with Crippen LogP contribution < -0.4 is 14.8 Å². The number of ether oxygens (including phenoxy) is 3. The van der Waals surface area contributed by atoms with Crippen molar-refractivity contribution < 1.29 is 28.6 Å². The number of hydrogen-bond acceptors (Lipinski definition) is 9. The molecule has 12 heteroatoms. The highest BCUT2D eigenvalue weighted by Crippen LogP contribution is 2.45. The number of carbonyl (C=O) groups excluding carboxylic acids is 3. The lowest BCUT2D eigenvalue weighted by molar-refractivity contribution is -0.148. The molecule has 1 saturated heterocycles. The fourth-order valence-electron chi connectivity index (χ4n) is 6.22. The third kappa shape index (κ3) is 7.75. The van der Waals surface area contributed by atoms with E-state index < -0.39 is 5.54 Å². The number of carbonyl (C=O) groups is 3. The molecule has 1 saturated carbocycles. The number of pyridine rings is 1. The van der Waals surface area contributed by atoms with Crippen LogP contribution in [0, 0.1) is 5.92 Å². The van der Waals surface area contributed by atoms with Crippen molar-refractivity contribution in [3.8, 4) is 22.2 Å². The number of likely N-dealkylation sites (tertiary alicyclic amines) is 1. The van der Waals surface area contributed by atoms with Crippen LogP contribution in [0.2, 0.25) is 0 Å². The zero-order valence-electron chi connectivity index (χ0n) is 28.7. The number of nitrogens with zero attached hydrogens (tertiary/aromatic N) is 4. The molecule has 0 bridgehead atoms. The van der Waals surface area contributed by atoms with Crippen molar-refractivity contribution in [1.29, 1.82) is 0 Å². The van der Waals surface area contributed by atoms with Crippen molar-refractivity contribution in [3.63, 3.8) is 0 Å². The number of benzene rings is 1. The Kier molecular flexibility index (Phi) is 11.2. The average molecular weight is 678 g/mol. The number of allylic oxidation sites excluding steroid dienone is 1. The molecular formula is C36H47N5O6S. The van der Waals surface area contributed by atoms with Gasteiger partial charge in [-0.25, -0.2) is 19.6 Å². The third-order valence-corrected chi connectivity index (χ3v) is 10.1. The molecule has 1 aromatic carbocycles. The predicted molar refractivity (Wildman–Crippen MR) is 186 cm³/mol. The molecule has 1 aliphatic carbocycles. The summed E-state index contributed by atoms with van der Waals surface area (Å²) in [7, 11) is 3.48. The first-order valence-corrected chi connectivity index (χ1v) is 17.7. The molecule has 3 heterocycles. The number of esters is 1. The van der Waals surface area contributed by atoms with Crippen LogP contribution in [0.15, 0.2) is 41.8 Å². The number of thiazole rings is 1. The summed E-state index contributed by atoms with van der Waals surface area (Å²) in [6, 6.07) is 7.78. The van der Waals surface area contributed by atoms with Gasteiger partial charge in [-0.2, -0.15) is 0 Å². The summed E-state index contributed by atoms with van der Waals surface area (Å²) >= 11 is 1.57. The van der Waals surface area contributed by atoms with Crippen molar-refractivity contribution in [3.05, 3.63) is 47.5 Å². The van der Waals surface area contributed by atoms with Gasteiger partial charge in [0, 0.05) is 54.9 Å². The minimum atomic E-state index is -0.923. The predicted octanol–water partition coefficient (Wildman–Crippen LogP) is 6.18. The highest BCUT2D eigenvalue weighted by atomic mass is 32.1. The summed E-state index contributed by atoms with van der Waals surface area (Å²) in [6.07, 6.45) is 8.28. The molecule has 0 spiro atoms. The first-order chi connectivity index (χ1) is 23.1. The Morgan fingerprint density at radius 2 is 2.04 bits per heavy atom. The van der Waals surface area contributed by atoms with Gasteiger partial charge in [-0.05, 0) is 57.6 Å². The molecule has 2 fully saturated rings. The van der Waals surface area contributed by atoms with E-state index in [9.17, 15) is 14.4 Å². The lowest BCUT2D eigenvalue weighted by Crippen LogP contribution is -2.43. The van der Waals surface area contributed by atoms with E-state index in [0.717, 1.165) is 64.5 Å². The topological polar surface area (TPSA) is 123 Å². The molecule has 1 unspecified atom stereocenters. The normalized spacial score (nSPS) is 21.9. The minimum absolute atomic E-state index is 0.00436. The standard InChI is InChI=1S/C36H47N5O6S/c1-7-46-34(43)36(37-22-42)19-25(36)12-10-8-9-11-15-40(5)35(44)41-20-27(16-24(41)4)47-32-18-30(33-39-31(21-48-33)23(2)3)38-29-17-26(45-6)13-14-28(29)32/h10,12-14,17-18,21-25,27H,7-9,11,15-16,19-20H2,1-6H3,(H,37,42)/b12-10-/t24?,25-,27-,36-/m1/s1. The van der Waals surface area contributed by atoms with Crippen LogP contribution in [0.4, 0.5) is 4.79 Å².